The monoisotopic (exact) mass is 410 g/mol. The summed E-state index contributed by atoms with van der Waals surface area (Å²) >= 11 is 0. The second-order valence-electron chi connectivity index (χ2n) is 6.56. The maximum atomic E-state index is 12.1. The third kappa shape index (κ3) is 5.93. The zero-order valence-corrected chi connectivity index (χ0v) is 17.6. The number of likely N-dealkylation sites (tertiary alicyclic amines) is 1. The lowest BCUT2D eigenvalue weighted by Crippen LogP contribution is -2.48. The van der Waals surface area contributed by atoms with Gasteiger partial charge in [-0.25, -0.2) is 18.1 Å². The summed E-state index contributed by atoms with van der Waals surface area (Å²) in [6.45, 7) is 6.77. The van der Waals surface area contributed by atoms with Crippen LogP contribution in [0.5, 0.6) is 0 Å². The number of nitrogens with zero attached hydrogens (tertiary/aromatic N) is 2. The van der Waals surface area contributed by atoms with E-state index in [1.807, 2.05) is 13.8 Å². The van der Waals surface area contributed by atoms with E-state index in [0.29, 0.717) is 19.7 Å². The van der Waals surface area contributed by atoms with Gasteiger partial charge in [0.2, 0.25) is 10.0 Å². The van der Waals surface area contributed by atoms with Crippen molar-refractivity contribution in [2.45, 2.75) is 38.1 Å². The molecule has 0 amide bonds. The first-order valence-corrected chi connectivity index (χ1v) is 11.1. The van der Waals surface area contributed by atoms with Crippen LogP contribution in [0.4, 0.5) is 0 Å². The normalized spacial score (nSPS) is 18.0. The number of benzene rings is 1. The van der Waals surface area contributed by atoms with Crippen molar-refractivity contribution in [1.29, 1.82) is 0 Å². The SMILES string of the molecule is CCNC(=NCc1ccc(S(=O)(=O)NC)cc1)N1CCCC(C(=O)OCC)C1. The molecule has 1 fully saturated rings. The van der Waals surface area contributed by atoms with Gasteiger partial charge in [-0.3, -0.25) is 4.79 Å². The highest BCUT2D eigenvalue weighted by atomic mass is 32.2. The zero-order valence-electron chi connectivity index (χ0n) is 16.8. The highest BCUT2D eigenvalue weighted by Crippen LogP contribution is 2.18. The molecule has 1 aliphatic heterocycles. The molecule has 0 aliphatic carbocycles. The van der Waals surface area contributed by atoms with Gasteiger partial charge in [0.25, 0.3) is 0 Å². The zero-order chi connectivity index (χ0) is 20.6. The topological polar surface area (TPSA) is 100 Å². The quantitative estimate of drug-likeness (QED) is 0.400. The van der Waals surface area contributed by atoms with Crippen molar-refractivity contribution in [3.05, 3.63) is 29.8 Å². The minimum absolute atomic E-state index is 0.136. The summed E-state index contributed by atoms with van der Waals surface area (Å²) in [5.41, 5.74) is 0.907. The summed E-state index contributed by atoms with van der Waals surface area (Å²) in [7, 11) is -2.05. The molecule has 156 valence electrons. The molecule has 0 radical (unpaired) electrons. The van der Waals surface area contributed by atoms with Crippen LogP contribution in [-0.2, 0) is 26.1 Å². The van der Waals surface area contributed by atoms with Gasteiger partial charge in [-0.15, -0.1) is 0 Å². The number of guanidine groups is 1. The molecule has 2 N–H and O–H groups in total. The summed E-state index contributed by atoms with van der Waals surface area (Å²) in [6, 6.07) is 6.66. The minimum atomic E-state index is -3.44. The van der Waals surface area contributed by atoms with Crippen molar-refractivity contribution < 1.29 is 17.9 Å². The number of aliphatic imine (C=N–C) groups is 1. The Balaban J connectivity index is 2.08. The second-order valence-corrected chi connectivity index (χ2v) is 8.45. The Bertz CT molecular complexity index is 778. The van der Waals surface area contributed by atoms with Crippen molar-refractivity contribution in [3.63, 3.8) is 0 Å². The van der Waals surface area contributed by atoms with E-state index in [4.69, 9.17) is 4.74 Å². The Morgan fingerprint density at radius 3 is 2.61 bits per heavy atom. The standard InChI is InChI=1S/C19H30N4O4S/c1-4-21-19(23-12-6-7-16(14-23)18(24)27-5-2)22-13-15-8-10-17(11-9-15)28(25,26)20-3/h8-11,16,20H,4-7,12-14H2,1-3H3,(H,21,22). The molecule has 0 saturated carbocycles. The maximum absolute atomic E-state index is 12.1. The van der Waals surface area contributed by atoms with Crippen LogP contribution in [0.2, 0.25) is 0 Å². The molecule has 1 aliphatic rings. The molecule has 28 heavy (non-hydrogen) atoms. The van der Waals surface area contributed by atoms with E-state index in [1.165, 1.54) is 7.05 Å². The van der Waals surface area contributed by atoms with Gasteiger partial charge in [0.05, 0.1) is 24.0 Å². The van der Waals surface area contributed by atoms with E-state index in [1.54, 1.807) is 24.3 Å². The molecular weight excluding hydrogens is 380 g/mol. The van der Waals surface area contributed by atoms with Gasteiger partial charge >= 0.3 is 5.97 Å². The first-order chi connectivity index (χ1) is 13.4. The maximum Gasteiger partial charge on any atom is 0.310 e. The smallest absolute Gasteiger partial charge is 0.310 e. The average molecular weight is 411 g/mol. The fourth-order valence-corrected chi connectivity index (χ4v) is 3.84. The lowest BCUT2D eigenvalue weighted by Gasteiger charge is -2.34. The summed E-state index contributed by atoms with van der Waals surface area (Å²) in [4.78, 5) is 19.1. The van der Waals surface area contributed by atoms with Gasteiger partial charge in [-0.1, -0.05) is 12.1 Å². The van der Waals surface area contributed by atoms with Crippen molar-refractivity contribution in [1.82, 2.24) is 14.9 Å². The highest BCUT2D eigenvalue weighted by molar-refractivity contribution is 7.89. The van der Waals surface area contributed by atoms with E-state index in [2.05, 4.69) is 19.9 Å². The third-order valence-electron chi connectivity index (χ3n) is 4.59. The molecule has 9 heteroatoms. The van der Waals surface area contributed by atoms with E-state index in [9.17, 15) is 13.2 Å². The number of carbonyl (C=O) groups excluding carboxylic acids is 1. The van der Waals surface area contributed by atoms with Crippen LogP contribution in [0.1, 0.15) is 32.3 Å². The molecule has 1 heterocycles. The molecule has 2 rings (SSSR count). The van der Waals surface area contributed by atoms with Gasteiger partial charge in [0.1, 0.15) is 0 Å². The molecule has 8 nitrogen and oxygen atoms in total. The Morgan fingerprint density at radius 1 is 1.29 bits per heavy atom. The van der Waals surface area contributed by atoms with E-state index in [-0.39, 0.29) is 16.8 Å². The van der Waals surface area contributed by atoms with E-state index >= 15 is 0 Å². The van der Waals surface area contributed by atoms with Crippen molar-refractivity contribution >= 4 is 22.0 Å². The first kappa shape index (κ1) is 22.2. The Morgan fingerprint density at radius 2 is 2.00 bits per heavy atom. The molecule has 1 saturated heterocycles. The number of nitrogens with one attached hydrogen (secondary N) is 2. The number of hydrogen-bond acceptors (Lipinski definition) is 5. The average Bonchev–Trinajstić information content (AvgIpc) is 2.71. The lowest BCUT2D eigenvalue weighted by molar-refractivity contribution is -0.149. The fraction of sp³-hybridized carbons (Fsp3) is 0.579. The number of rotatable bonds is 7. The van der Waals surface area contributed by atoms with Crippen LogP contribution in [0.25, 0.3) is 0 Å². The highest BCUT2D eigenvalue weighted by Gasteiger charge is 2.28. The van der Waals surface area contributed by atoms with Crippen LogP contribution in [0.15, 0.2) is 34.2 Å². The largest absolute Gasteiger partial charge is 0.466 e. The van der Waals surface area contributed by atoms with E-state index < -0.39 is 10.0 Å². The van der Waals surface area contributed by atoms with Crippen LogP contribution >= 0.6 is 0 Å². The molecule has 0 spiro atoms. The Hall–Kier alpha value is -2.13. The van der Waals surface area contributed by atoms with Gasteiger partial charge in [0, 0.05) is 19.6 Å². The second kappa shape index (κ2) is 10.4. The molecule has 0 bridgehead atoms. The van der Waals surface area contributed by atoms with Crippen LogP contribution in [0.3, 0.4) is 0 Å². The molecule has 0 aromatic heterocycles. The number of hydrogen-bond donors (Lipinski definition) is 2. The first-order valence-electron chi connectivity index (χ1n) is 9.63. The third-order valence-corrected chi connectivity index (χ3v) is 6.02. The summed E-state index contributed by atoms with van der Waals surface area (Å²) in [6.07, 6.45) is 1.74. The van der Waals surface area contributed by atoms with Crippen molar-refractivity contribution in [2.75, 3.05) is 33.3 Å². The van der Waals surface area contributed by atoms with Crippen molar-refractivity contribution in [2.24, 2.45) is 10.9 Å². The molecule has 1 unspecified atom stereocenters. The predicted molar refractivity (Wildman–Crippen MR) is 108 cm³/mol. The van der Waals surface area contributed by atoms with E-state index in [0.717, 1.165) is 37.5 Å². The van der Waals surface area contributed by atoms with Gasteiger partial charge in [0.15, 0.2) is 5.96 Å². The van der Waals surface area contributed by atoms with Crippen LogP contribution < -0.4 is 10.0 Å². The number of sulfonamides is 1. The molecule has 1 aromatic rings. The van der Waals surface area contributed by atoms with Crippen LogP contribution in [-0.4, -0.2) is 58.5 Å². The number of piperidine rings is 1. The van der Waals surface area contributed by atoms with Gasteiger partial charge in [-0.05, 0) is 51.4 Å². The lowest BCUT2D eigenvalue weighted by atomic mass is 9.98. The summed E-state index contributed by atoms with van der Waals surface area (Å²) < 4.78 is 31.1. The predicted octanol–water partition coefficient (Wildman–Crippen LogP) is 1.34. The van der Waals surface area contributed by atoms with Gasteiger partial charge < -0.3 is 15.0 Å². The number of carbonyl (C=O) groups is 1. The molecule has 1 aromatic carbocycles. The Kier molecular flexibility index (Phi) is 8.25. The van der Waals surface area contributed by atoms with Gasteiger partial charge in [-0.2, -0.15) is 0 Å². The summed E-state index contributed by atoms with van der Waals surface area (Å²) in [5, 5.41) is 3.28. The minimum Gasteiger partial charge on any atom is -0.466 e. The Labute approximate surface area is 167 Å². The summed E-state index contributed by atoms with van der Waals surface area (Å²) in [5.74, 6) is 0.469. The van der Waals surface area contributed by atoms with Crippen molar-refractivity contribution in [3.8, 4) is 0 Å². The number of ether oxygens (including phenoxy) is 1. The fourth-order valence-electron chi connectivity index (χ4n) is 3.11. The number of esters is 1. The van der Waals surface area contributed by atoms with Crippen LogP contribution in [0, 0.1) is 5.92 Å². The molecule has 1 atom stereocenters. The molecular formula is C19H30N4O4S.